The summed E-state index contributed by atoms with van der Waals surface area (Å²) >= 11 is 0. The van der Waals surface area contributed by atoms with Crippen LogP contribution < -0.4 is 11.1 Å². The van der Waals surface area contributed by atoms with E-state index in [1.807, 2.05) is 0 Å². The molecule has 7 nitrogen and oxygen atoms in total. The predicted octanol–water partition coefficient (Wildman–Crippen LogP) is 2.83. The molecule has 0 aromatic heterocycles. The molecule has 1 heterocycles. The molecule has 2 aromatic carbocycles. The van der Waals surface area contributed by atoms with Gasteiger partial charge < -0.3 is 11.1 Å². The van der Waals surface area contributed by atoms with Crippen LogP contribution in [0.3, 0.4) is 0 Å². The van der Waals surface area contributed by atoms with Gasteiger partial charge in [0.05, 0.1) is 17.0 Å². The molecule has 3 N–H and O–H groups in total. The van der Waals surface area contributed by atoms with Gasteiger partial charge in [-0.3, -0.25) is 24.1 Å². The second-order valence-electron chi connectivity index (χ2n) is 8.67. The van der Waals surface area contributed by atoms with E-state index in [0.717, 1.165) is 37.7 Å². The maximum Gasteiger partial charge on any atom is 0.261 e. The zero-order valence-corrected chi connectivity index (χ0v) is 18.2. The van der Waals surface area contributed by atoms with E-state index in [9.17, 15) is 23.6 Å². The highest BCUT2D eigenvalue weighted by Gasteiger charge is 2.40. The number of carbonyl (C=O) groups is 4. The lowest BCUT2D eigenvalue weighted by atomic mass is 9.94. The zero-order valence-electron chi connectivity index (χ0n) is 18.2. The molecule has 33 heavy (non-hydrogen) atoms. The Kier molecular flexibility index (Phi) is 6.53. The van der Waals surface area contributed by atoms with Crippen molar-refractivity contribution in [1.82, 2.24) is 10.2 Å². The first-order chi connectivity index (χ1) is 15.8. The third kappa shape index (κ3) is 4.79. The van der Waals surface area contributed by atoms with Crippen molar-refractivity contribution in [2.24, 2.45) is 11.7 Å². The molecule has 2 aromatic rings. The fourth-order valence-electron chi connectivity index (χ4n) is 4.57. The van der Waals surface area contributed by atoms with E-state index in [-0.39, 0.29) is 47.8 Å². The van der Waals surface area contributed by atoms with Crippen LogP contribution in [0.5, 0.6) is 0 Å². The summed E-state index contributed by atoms with van der Waals surface area (Å²) in [5.41, 5.74) is 6.97. The number of primary amides is 1. The number of benzene rings is 2. The lowest BCUT2D eigenvalue weighted by Crippen LogP contribution is -2.40. The van der Waals surface area contributed by atoms with E-state index in [2.05, 4.69) is 5.32 Å². The third-order valence-corrected chi connectivity index (χ3v) is 6.43. The fraction of sp³-hybridized carbons (Fsp3) is 0.360. The Morgan fingerprint density at radius 2 is 1.67 bits per heavy atom. The third-order valence-electron chi connectivity index (χ3n) is 6.43. The first kappa shape index (κ1) is 22.6. The van der Waals surface area contributed by atoms with Crippen molar-refractivity contribution in [2.45, 2.75) is 44.6 Å². The van der Waals surface area contributed by atoms with Gasteiger partial charge in [-0.1, -0.05) is 31.4 Å². The van der Waals surface area contributed by atoms with Gasteiger partial charge in [-0.25, -0.2) is 4.39 Å². The second kappa shape index (κ2) is 9.52. The van der Waals surface area contributed by atoms with Gasteiger partial charge in [0.1, 0.15) is 5.82 Å². The van der Waals surface area contributed by atoms with Crippen molar-refractivity contribution < 1.29 is 23.6 Å². The highest BCUT2D eigenvalue weighted by Crippen LogP contribution is 2.31. The molecule has 0 bridgehead atoms. The number of nitrogens with one attached hydrogen (secondary N) is 1. The minimum absolute atomic E-state index is 0.0102. The van der Waals surface area contributed by atoms with Crippen LogP contribution in [0.1, 0.15) is 68.7 Å². The highest BCUT2D eigenvalue weighted by atomic mass is 19.1. The Labute approximate surface area is 191 Å². The SMILES string of the molecule is NC(=O)C(CNC(=O)c1ccc2c(c1)C(=O)N(C1CCCCC1)C2=O)Cc1ccc(F)cc1. The zero-order chi connectivity index (χ0) is 23.5. The predicted molar refractivity (Wildman–Crippen MR) is 119 cm³/mol. The van der Waals surface area contributed by atoms with Crippen molar-refractivity contribution in [1.29, 1.82) is 0 Å². The summed E-state index contributed by atoms with van der Waals surface area (Å²) in [5.74, 6) is -2.78. The van der Waals surface area contributed by atoms with Gasteiger partial charge in [0.25, 0.3) is 17.7 Å². The molecule has 4 rings (SSSR count). The van der Waals surface area contributed by atoms with Crippen LogP contribution >= 0.6 is 0 Å². The summed E-state index contributed by atoms with van der Waals surface area (Å²) < 4.78 is 13.1. The van der Waals surface area contributed by atoms with Gasteiger partial charge in [-0.2, -0.15) is 0 Å². The van der Waals surface area contributed by atoms with Crippen molar-refractivity contribution >= 4 is 23.6 Å². The summed E-state index contributed by atoms with van der Waals surface area (Å²) in [6.45, 7) is -0.0102. The molecule has 1 aliphatic heterocycles. The first-order valence-electron chi connectivity index (χ1n) is 11.2. The summed E-state index contributed by atoms with van der Waals surface area (Å²) in [5, 5.41) is 2.68. The lowest BCUT2D eigenvalue weighted by molar-refractivity contribution is -0.121. The number of nitrogens with two attached hydrogens (primary N) is 1. The average Bonchev–Trinajstić information content (AvgIpc) is 3.07. The van der Waals surface area contributed by atoms with E-state index >= 15 is 0 Å². The second-order valence-corrected chi connectivity index (χ2v) is 8.67. The number of carbonyl (C=O) groups excluding carboxylic acids is 4. The van der Waals surface area contributed by atoms with Crippen molar-refractivity contribution in [3.63, 3.8) is 0 Å². The highest BCUT2D eigenvalue weighted by molar-refractivity contribution is 6.22. The molecule has 1 fully saturated rings. The van der Waals surface area contributed by atoms with Crippen molar-refractivity contribution in [3.8, 4) is 0 Å². The number of rotatable bonds is 7. The van der Waals surface area contributed by atoms with Crippen LogP contribution in [-0.4, -0.2) is 41.1 Å². The standard InChI is InChI=1S/C25H26FN3O4/c26-18-9-6-15(7-10-18)12-17(22(27)30)14-28-23(31)16-8-11-20-21(13-16)25(33)29(24(20)32)19-4-2-1-3-5-19/h6-11,13,17,19H,1-5,12,14H2,(H2,27,30)(H,28,31). The molecule has 1 aliphatic carbocycles. The fourth-order valence-corrected chi connectivity index (χ4v) is 4.57. The van der Waals surface area contributed by atoms with E-state index < -0.39 is 17.7 Å². The molecule has 2 aliphatic rings. The summed E-state index contributed by atoms with van der Waals surface area (Å²) in [4.78, 5) is 51.7. The Hall–Kier alpha value is -3.55. The molecule has 0 radical (unpaired) electrons. The van der Waals surface area contributed by atoms with Crippen molar-refractivity contribution in [3.05, 3.63) is 70.5 Å². The largest absolute Gasteiger partial charge is 0.369 e. The van der Waals surface area contributed by atoms with Gasteiger partial charge in [0.2, 0.25) is 5.91 Å². The number of hydrogen-bond donors (Lipinski definition) is 2. The number of amides is 4. The number of nitrogens with zero attached hydrogens (tertiary/aromatic N) is 1. The molecular weight excluding hydrogens is 425 g/mol. The van der Waals surface area contributed by atoms with Crippen LogP contribution in [0, 0.1) is 11.7 Å². The van der Waals surface area contributed by atoms with Gasteiger partial charge in [-0.05, 0) is 55.2 Å². The van der Waals surface area contributed by atoms with E-state index in [1.165, 1.54) is 35.2 Å². The Morgan fingerprint density at radius 1 is 1.00 bits per heavy atom. The molecular formula is C25H26FN3O4. The molecule has 0 saturated heterocycles. The van der Waals surface area contributed by atoms with E-state index in [0.29, 0.717) is 5.56 Å². The smallest absolute Gasteiger partial charge is 0.261 e. The molecule has 4 amide bonds. The maximum atomic E-state index is 13.1. The Bertz CT molecular complexity index is 1090. The van der Waals surface area contributed by atoms with Crippen LogP contribution in [0.2, 0.25) is 0 Å². The molecule has 0 spiro atoms. The van der Waals surface area contributed by atoms with Crippen LogP contribution in [0.15, 0.2) is 42.5 Å². The topological polar surface area (TPSA) is 110 Å². The van der Waals surface area contributed by atoms with Gasteiger partial charge >= 0.3 is 0 Å². The monoisotopic (exact) mass is 451 g/mol. The molecule has 1 saturated carbocycles. The summed E-state index contributed by atoms with van der Waals surface area (Å²) in [7, 11) is 0. The molecule has 8 heteroatoms. The average molecular weight is 451 g/mol. The minimum atomic E-state index is -0.682. The van der Waals surface area contributed by atoms with Crippen LogP contribution in [0.25, 0.3) is 0 Å². The summed E-state index contributed by atoms with van der Waals surface area (Å²) in [6.07, 6.45) is 4.96. The van der Waals surface area contributed by atoms with E-state index in [1.54, 1.807) is 12.1 Å². The van der Waals surface area contributed by atoms with Gasteiger partial charge in [0, 0.05) is 18.2 Å². The number of fused-ring (bicyclic) bond motifs is 1. The first-order valence-corrected chi connectivity index (χ1v) is 11.2. The molecule has 172 valence electrons. The Balaban J connectivity index is 1.43. The molecule has 1 unspecified atom stereocenters. The van der Waals surface area contributed by atoms with Crippen molar-refractivity contribution in [2.75, 3.05) is 6.54 Å². The number of halogens is 1. The van der Waals surface area contributed by atoms with Crippen LogP contribution in [-0.2, 0) is 11.2 Å². The van der Waals surface area contributed by atoms with E-state index in [4.69, 9.17) is 5.73 Å². The quantitative estimate of drug-likeness (QED) is 0.631. The van der Waals surface area contributed by atoms with Gasteiger partial charge in [0.15, 0.2) is 0 Å². The number of imide groups is 1. The molecule has 1 atom stereocenters. The lowest BCUT2D eigenvalue weighted by Gasteiger charge is -2.29. The van der Waals surface area contributed by atoms with Crippen LogP contribution in [0.4, 0.5) is 4.39 Å². The Morgan fingerprint density at radius 3 is 2.33 bits per heavy atom. The minimum Gasteiger partial charge on any atom is -0.369 e. The maximum absolute atomic E-state index is 13.1. The number of hydrogen-bond acceptors (Lipinski definition) is 4. The summed E-state index contributed by atoms with van der Waals surface area (Å²) in [6, 6.07) is 10.1. The van der Waals surface area contributed by atoms with Gasteiger partial charge in [-0.15, -0.1) is 0 Å². The normalized spacial score (nSPS) is 17.1.